The van der Waals surface area contributed by atoms with E-state index in [0.717, 1.165) is 21.6 Å². The SMILES string of the molecule is Cc1sc2nc(Cc3ccccc3Cl)[nH]c(=O)c2c1-c1ccc(F)cc1. The highest BCUT2D eigenvalue weighted by atomic mass is 35.5. The third kappa shape index (κ3) is 3.04. The van der Waals surface area contributed by atoms with E-state index in [-0.39, 0.29) is 11.4 Å². The Labute approximate surface area is 158 Å². The molecule has 0 radical (unpaired) electrons. The lowest BCUT2D eigenvalue weighted by atomic mass is 10.0. The average molecular weight is 385 g/mol. The van der Waals surface area contributed by atoms with Crippen LogP contribution in [0.5, 0.6) is 0 Å². The third-order valence-corrected chi connectivity index (χ3v) is 5.60. The Balaban J connectivity index is 1.83. The van der Waals surface area contributed by atoms with Crippen molar-refractivity contribution in [2.24, 2.45) is 0 Å². The smallest absolute Gasteiger partial charge is 0.260 e. The number of aromatic amines is 1. The molecule has 4 rings (SSSR count). The summed E-state index contributed by atoms with van der Waals surface area (Å²) in [5.41, 5.74) is 2.33. The van der Waals surface area contributed by atoms with Gasteiger partial charge in [0.15, 0.2) is 0 Å². The van der Waals surface area contributed by atoms with E-state index in [4.69, 9.17) is 11.6 Å². The fraction of sp³-hybridized carbons (Fsp3) is 0.100. The maximum atomic E-state index is 13.2. The summed E-state index contributed by atoms with van der Waals surface area (Å²) in [5.74, 6) is 0.266. The van der Waals surface area contributed by atoms with Crippen molar-refractivity contribution < 1.29 is 4.39 Å². The normalized spacial score (nSPS) is 11.2. The molecule has 3 nitrogen and oxygen atoms in total. The predicted octanol–water partition coefficient (Wildman–Crippen LogP) is 5.34. The van der Waals surface area contributed by atoms with E-state index in [1.165, 1.54) is 23.5 Å². The number of benzene rings is 2. The monoisotopic (exact) mass is 384 g/mol. The van der Waals surface area contributed by atoms with Gasteiger partial charge >= 0.3 is 0 Å². The van der Waals surface area contributed by atoms with E-state index in [0.29, 0.717) is 27.5 Å². The Morgan fingerprint density at radius 2 is 1.88 bits per heavy atom. The maximum absolute atomic E-state index is 13.2. The van der Waals surface area contributed by atoms with Crippen LogP contribution < -0.4 is 5.56 Å². The van der Waals surface area contributed by atoms with Crippen molar-refractivity contribution in [1.29, 1.82) is 0 Å². The third-order valence-electron chi connectivity index (χ3n) is 4.24. The first-order chi connectivity index (χ1) is 12.5. The molecule has 0 fully saturated rings. The second kappa shape index (κ2) is 6.67. The van der Waals surface area contributed by atoms with E-state index in [9.17, 15) is 9.18 Å². The summed E-state index contributed by atoms with van der Waals surface area (Å²) in [6.45, 7) is 1.94. The zero-order chi connectivity index (χ0) is 18.3. The van der Waals surface area contributed by atoms with Gasteiger partial charge in [-0.1, -0.05) is 41.9 Å². The van der Waals surface area contributed by atoms with Crippen LogP contribution in [0.2, 0.25) is 5.02 Å². The second-order valence-corrected chi connectivity index (χ2v) is 7.61. The number of hydrogen-bond acceptors (Lipinski definition) is 3. The number of halogens is 2. The lowest BCUT2D eigenvalue weighted by Gasteiger charge is -2.05. The fourth-order valence-electron chi connectivity index (χ4n) is 3.03. The van der Waals surface area contributed by atoms with Crippen LogP contribution in [0, 0.1) is 12.7 Å². The quantitative estimate of drug-likeness (QED) is 0.518. The minimum Gasteiger partial charge on any atom is -0.310 e. The van der Waals surface area contributed by atoms with Crippen LogP contribution in [-0.2, 0) is 6.42 Å². The molecule has 0 spiro atoms. The van der Waals surface area contributed by atoms with Gasteiger partial charge in [-0.2, -0.15) is 0 Å². The molecule has 6 heteroatoms. The summed E-state index contributed by atoms with van der Waals surface area (Å²) in [5, 5.41) is 1.19. The molecule has 0 aliphatic carbocycles. The van der Waals surface area contributed by atoms with Gasteiger partial charge < -0.3 is 4.98 Å². The molecule has 0 saturated heterocycles. The Hall–Kier alpha value is -2.50. The maximum Gasteiger partial charge on any atom is 0.260 e. The minimum atomic E-state index is -0.306. The molecule has 26 heavy (non-hydrogen) atoms. The van der Waals surface area contributed by atoms with Crippen LogP contribution in [-0.4, -0.2) is 9.97 Å². The van der Waals surface area contributed by atoms with Gasteiger partial charge in [-0.05, 0) is 36.2 Å². The van der Waals surface area contributed by atoms with Crippen molar-refractivity contribution in [3.63, 3.8) is 0 Å². The van der Waals surface area contributed by atoms with Crippen LogP contribution in [0.1, 0.15) is 16.3 Å². The molecule has 1 N–H and O–H groups in total. The molecule has 0 aliphatic rings. The number of H-pyrrole nitrogens is 1. The molecule has 2 aromatic carbocycles. The van der Waals surface area contributed by atoms with Crippen LogP contribution in [0.4, 0.5) is 4.39 Å². The van der Waals surface area contributed by atoms with Crippen molar-refractivity contribution >= 4 is 33.2 Å². The minimum absolute atomic E-state index is 0.194. The molecular formula is C20H14ClFN2OS. The van der Waals surface area contributed by atoms with Gasteiger partial charge in [-0.25, -0.2) is 9.37 Å². The molecule has 0 bridgehead atoms. The van der Waals surface area contributed by atoms with Gasteiger partial charge in [0.05, 0.1) is 5.39 Å². The number of nitrogens with one attached hydrogen (secondary N) is 1. The highest BCUT2D eigenvalue weighted by Gasteiger charge is 2.17. The standard InChI is InChI=1S/C20H14ClFN2OS/c1-11-17(12-6-8-14(22)9-7-12)18-19(25)23-16(24-20(18)26-11)10-13-4-2-3-5-15(13)21/h2-9H,10H2,1H3,(H,23,24,25). The van der Waals surface area contributed by atoms with E-state index in [2.05, 4.69) is 9.97 Å². The summed E-state index contributed by atoms with van der Waals surface area (Å²) in [6.07, 6.45) is 0.452. The van der Waals surface area contributed by atoms with Gasteiger partial charge in [-0.3, -0.25) is 4.79 Å². The summed E-state index contributed by atoms with van der Waals surface area (Å²) in [4.78, 5) is 21.9. The van der Waals surface area contributed by atoms with E-state index in [1.807, 2.05) is 31.2 Å². The molecule has 0 saturated carbocycles. The predicted molar refractivity (Wildman–Crippen MR) is 105 cm³/mol. The number of aryl methyl sites for hydroxylation is 1. The first-order valence-corrected chi connectivity index (χ1v) is 9.24. The second-order valence-electron chi connectivity index (χ2n) is 6.00. The topological polar surface area (TPSA) is 45.8 Å². The Kier molecular flexibility index (Phi) is 4.34. The lowest BCUT2D eigenvalue weighted by molar-refractivity contribution is 0.628. The summed E-state index contributed by atoms with van der Waals surface area (Å²) in [6, 6.07) is 13.6. The number of hydrogen-bond donors (Lipinski definition) is 1. The number of thiophene rings is 1. The van der Waals surface area contributed by atoms with Gasteiger partial charge in [0.1, 0.15) is 16.5 Å². The lowest BCUT2D eigenvalue weighted by Crippen LogP contribution is -2.12. The number of fused-ring (bicyclic) bond motifs is 1. The number of nitrogens with zero attached hydrogens (tertiary/aromatic N) is 1. The van der Waals surface area contributed by atoms with Crippen molar-refractivity contribution in [2.45, 2.75) is 13.3 Å². The van der Waals surface area contributed by atoms with E-state index in [1.54, 1.807) is 12.1 Å². The van der Waals surface area contributed by atoms with Gasteiger partial charge in [0.25, 0.3) is 5.56 Å². The average Bonchev–Trinajstić information content (AvgIpc) is 2.94. The fourth-order valence-corrected chi connectivity index (χ4v) is 4.30. The van der Waals surface area contributed by atoms with E-state index < -0.39 is 0 Å². The number of rotatable bonds is 3. The summed E-state index contributed by atoms with van der Waals surface area (Å²) < 4.78 is 13.2. The van der Waals surface area contributed by atoms with Crippen molar-refractivity contribution in [2.75, 3.05) is 0 Å². The van der Waals surface area contributed by atoms with Crippen molar-refractivity contribution in [3.05, 3.63) is 86.0 Å². The van der Waals surface area contributed by atoms with Gasteiger partial charge in [0, 0.05) is 21.9 Å². The molecule has 4 aromatic rings. The van der Waals surface area contributed by atoms with E-state index >= 15 is 0 Å². The summed E-state index contributed by atoms with van der Waals surface area (Å²) in [7, 11) is 0. The Morgan fingerprint density at radius 1 is 1.15 bits per heavy atom. The molecule has 0 amide bonds. The largest absolute Gasteiger partial charge is 0.310 e. The Bertz CT molecular complexity index is 1160. The molecule has 0 unspecified atom stereocenters. The Morgan fingerprint density at radius 3 is 2.62 bits per heavy atom. The first-order valence-electron chi connectivity index (χ1n) is 8.04. The van der Waals surface area contributed by atoms with Crippen LogP contribution >= 0.6 is 22.9 Å². The zero-order valence-corrected chi connectivity index (χ0v) is 15.4. The van der Waals surface area contributed by atoms with Crippen LogP contribution in [0.3, 0.4) is 0 Å². The molecule has 2 aromatic heterocycles. The molecule has 130 valence electrons. The highest BCUT2D eigenvalue weighted by Crippen LogP contribution is 2.35. The van der Waals surface area contributed by atoms with Crippen LogP contribution in [0.25, 0.3) is 21.3 Å². The number of aromatic nitrogens is 2. The van der Waals surface area contributed by atoms with Crippen LogP contribution in [0.15, 0.2) is 53.3 Å². The van der Waals surface area contributed by atoms with Gasteiger partial charge in [-0.15, -0.1) is 11.3 Å². The molecule has 0 aliphatic heterocycles. The highest BCUT2D eigenvalue weighted by molar-refractivity contribution is 7.19. The molecule has 2 heterocycles. The van der Waals surface area contributed by atoms with Crippen molar-refractivity contribution in [3.8, 4) is 11.1 Å². The zero-order valence-electron chi connectivity index (χ0n) is 13.8. The molecule has 0 atom stereocenters. The first kappa shape index (κ1) is 16.9. The summed E-state index contributed by atoms with van der Waals surface area (Å²) >= 11 is 7.67. The van der Waals surface area contributed by atoms with Gasteiger partial charge in [0.2, 0.25) is 0 Å². The van der Waals surface area contributed by atoms with Crippen molar-refractivity contribution in [1.82, 2.24) is 9.97 Å². The molecular weight excluding hydrogens is 371 g/mol.